The molecule has 1 aliphatic rings. The molecule has 1 aromatic heterocycles. The van der Waals surface area contributed by atoms with Crippen molar-refractivity contribution in [3.05, 3.63) is 17.9 Å². The summed E-state index contributed by atoms with van der Waals surface area (Å²) < 4.78 is 53.2. The summed E-state index contributed by atoms with van der Waals surface area (Å²) in [6, 6.07) is 2.31. The predicted octanol–water partition coefficient (Wildman–Crippen LogP) is -1.62. The summed E-state index contributed by atoms with van der Waals surface area (Å²) in [5.74, 6) is -3.90. The van der Waals surface area contributed by atoms with E-state index in [0.717, 1.165) is 6.07 Å². The molecule has 0 amide bonds. The Hall–Kier alpha value is -0.683. The number of rotatable bonds is 4. The predicted molar refractivity (Wildman–Crippen MR) is 55.2 cm³/mol. The largest absolute Gasteiger partial charge is 1.00 e. The van der Waals surface area contributed by atoms with Crippen LogP contribution in [0.2, 0.25) is 0 Å². The van der Waals surface area contributed by atoms with Crippen LogP contribution >= 0.6 is 0 Å². The Kier molecular flexibility index (Phi) is 5.96. The Morgan fingerprint density at radius 1 is 1.37 bits per heavy atom. The van der Waals surface area contributed by atoms with Crippen molar-refractivity contribution in [1.29, 1.82) is 0 Å². The van der Waals surface area contributed by atoms with Gasteiger partial charge < -0.3 is 14.7 Å². The fraction of sp³-hybridized carbons (Fsp3) is 0.500. The van der Waals surface area contributed by atoms with Crippen molar-refractivity contribution in [2.75, 3.05) is 5.75 Å². The maximum Gasteiger partial charge on any atom is 1.00 e. The van der Waals surface area contributed by atoms with Gasteiger partial charge in [0, 0.05) is 24.9 Å². The average Bonchev–Trinajstić information content (AvgIpc) is 2.62. The first-order valence-corrected chi connectivity index (χ1v) is 6.56. The maximum absolute atomic E-state index is 12.6. The van der Waals surface area contributed by atoms with Gasteiger partial charge in [-0.3, -0.25) is 0 Å². The molecule has 0 aliphatic heterocycles. The molecule has 0 aromatic carbocycles. The van der Waals surface area contributed by atoms with Crippen molar-refractivity contribution in [3.63, 3.8) is 0 Å². The normalized spacial score (nSPS) is 17.8. The molecule has 19 heavy (non-hydrogen) atoms. The Balaban J connectivity index is 0.00000162. The summed E-state index contributed by atoms with van der Waals surface area (Å²) in [7, 11) is -3.74. The number of furan rings is 1. The van der Waals surface area contributed by atoms with Crippen molar-refractivity contribution in [1.82, 2.24) is 0 Å². The zero-order valence-corrected chi connectivity index (χ0v) is 10.9. The molecule has 5 nitrogen and oxygen atoms in total. The van der Waals surface area contributed by atoms with Crippen molar-refractivity contribution < 1.29 is 50.7 Å². The second kappa shape index (κ2) is 6.18. The molecule has 9 heteroatoms. The summed E-state index contributed by atoms with van der Waals surface area (Å²) in [5, 5.41) is -0.369. The minimum absolute atomic E-state index is 0. The van der Waals surface area contributed by atoms with Crippen molar-refractivity contribution in [3.8, 4) is 0 Å². The number of hydrogen-bond acceptors (Lipinski definition) is 5. The molecule has 1 aromatic rings. The molecule has 0 bridgehead atoms. The third kappa shape index (κ3) is 4.14. The first-order valence-electron chi connectivity index (χ1n) is 4.91. The maximum atomic E-state index is 12.6. The van der Waals surface area contributed by atoms with Crippen molar-refractivity contribution >= 4 is 16.1 Å². The second-order valence-corrected chi connectivity index (χ2v) is 6.10. The Morgan fingerprint density at radius 3 is 2.37 bits per heavy atom. The van der Waals surface area contributed by atoms with Gasteiger partial charge in [0.25, 0.3) is 0 Å². The van der Waals surface area contributed by atoms with Gasteiger partial charge >= 0.3 is 18.9 Å². The van der Waals surface area contributed by atoms with Gasteiger partial charge in [-0.1, -0.05) is 6.07 Å². The molecule has 1 saturated carbocycles. The molecule has 0 spiro atoms. The third-order valence-electron chi connectivity index (χ3n) is 2.62. The number of carbonyl (C=O) groups excluding carboxylic acids is 1. The molecule has 1 N–H and O–H groups in total. The molecule has 0 unspecified atom stereocenters. The van der Waals surface area contributed by atoms with E-state index >= 15 is 0 Å². The van der Waals surface area contributed by atoms with Crippen LogP contribution in [0.15, 0.2) is 21.6 Å². The summed E-state index contributed by atoms with van der Waals surface area (Å²) >= 11 is 0. The monoisotopic (exact) mass is 287 g/mol. The van der Waals surface area contributed by atoms with Gasteiger partial charge in [0.2, 0.25) is 15.8 Å². The van der Waals surface area contributed by atoms with Crippen LogP contribution in [0.25, 0.3) is 0 Å². The smallest absolute Gasteiger partial charge is 0.870 e. The molecular weight excluding hydrogens is 277 g/mol. The van der Waals surface area contributed by atoms with Crippen molar-refractivity contribution in [2.24, 2.45) is 5.92 Å². The van der Waals surface area contributed by atoms with Crippen LogP contribution in [0.4, 0.5) is 8.78 Å². The molecule has 1 heterocycles. The van der Waals surface area contributed by atoms with E-state index in [1.165, 1.54) is 12.4 Å². The molecule has 0 atom stereocenters. The van der Waals surface area contributed by atoms with Gasteiger partial charge in [-0.25, -0.2) is 17.2 Å². The number of halogens is 2. The van der Waals surface area contributed by atoms with Crippen molar-refractivity contribution in [2.45, 2.75) is 23.9 Å². The molecule has 2 rings (SSSR count). The molecule has 0 radical (unpaired) electrons. The standard InChI is InChI=1S/C10H9F2O4S.Li.H2O/c11-10(12)3-7(4-10)6-17(14,15)9-2-1-8(5-13)16-9;;/h1-2,7H,3-4,6H2;;1H2/q-1;+1;/p-1. The molecule has 0 saturated heterocycles. The topological polar surface area (TPSA) is 94.3 Å². The molecular formula is C10H10F2LiO5S-. The first kappa shape index (κ1) is 18.3. The number of hydrogen-bond donors (Lipinski definition) is 0. The van der Waals surface area contributed by atoms with E-state index in [1.807, 2.05) is 0 Å². The van der Waals surface area contributed by atoms with Gasteiger partial charge in [-0.2, -0.15) is 6.07 Å². The van der Waals surface area contributed by atoms with Crippen LogP contribution in [-0.2, 0) is 14.6 Å². The quantitative estimate of drug-likeness (QED) is 0.490. The molecule has 102 valence electrons. The zero-order valence-electron chi connectivity index (χ0n) is 10.1. The van der Waals surface area contributed by atoms with Gasteiger partial charge in [-0.15, -0.1) is 0 Å². The van der Waals surface area contributed by atoms with Crippen LogP contribution in [-0.4, -0.2) is 31.9 Å². The summed E-state index contributed by atoms with van der Waals surface area (Å²) in [6.07, 6.45) is 0.579. The zero-order chi connectivity index (χ0) is 12.7. The Bertz CT molecular complexity index is 532. The minimum Gasteiger partial charge on any atom is -0.870 e. The Morgan fingerprint density at radius 2 is 1.95 bits per heavy atom. The second-order valence-electron chi connectivity index (χ2n) is 4.13. The van der Waals surface area contributed by atoms with E-state index in [1.54, 1.807) is 0 Å². The van der Waals surface area contributed by atoms with Crippen LogP contribution in [0.5, 0.6) is 0 Å². The van der Waals surface area contributed by atoms with E-state index in [9.17, 15) is 22.0 Å². The first-order chi connectivity index (χ1) is 7.82. The third-order valence-corrected chi connectivity index (χ3v) is 4.36. The summed E-state index contributed by atoms with van der Waals surface area (Å²) in [6.45, 7) is 0. The van der Waals surface area contributed by atoms with Crippen LogP contribution in [0.3, 0.4) is 0 Å². The fourth-order valence-corrected chi connectivity index (χ4v) is 3.35. The number of alkyl halides is 2. The van der Waals surface area contributed by atoms with E-state index in [0.29, 0.717) is 0 Å². The summed E-state index contributed by atoms with van der Waals surface area (Å²) in [4.78, 5) is 10.2. The van der Waals surface area contributed by atoms with E-state index < -0.39 is 34.5 Å². The fourth-order valence-electron chi connectivity index (χ4n) is 1.84. The van der Waals surface area contributed by atoms with Gasteiger partial charge in [-0.05, 0) is 5.92 Å². The van der Waals surface area contributed by atoms with Crippen LogP contribution < -0.4 is 18.9 Å². The molecule has 1 aliphatic carbocycles. The van der Waals surface area contributed by atoms with E-state index in [4.69, 9.17) is 4.42 Å². The van der Waals surface area contributed by atoms with Crippen LogP contribution in [0, 0.1) is 5.92 Å². The Labute approximate surface area is 120 Å². The van der Waals surface area contributed by atoms with Gasteiger partial charge in [0.05, 0.1) is 5.75 Å². The van der Waals surface area contributed by atoms with Gasteiger partial charge in [0.1, 0.15) is 0 Å². The van der Waals surface area contributed by atoms with E-state index in [-0.39, 0.29) is 40.9 Å². The molecule has 1 fully saturated rings. The average molecular weight is 287 g/mol. The summed E-state index contributed by atoms with van der Waals surface area (Å²) in [5.41, 5.74) is 0. The van der Waals surface area contributed by atoms with Gasteiger partial charge in [0.15, 0.2) is 5.09 Å². The number of sulfone groups is 1. The van der Waals surface area contributed by atoms with Crippen LogP contribution in [0.1, 0.15) is 18.6 Å². The van der Waals surface area contributed by atoms with E-state index in [2.05, 4.69) is 0 Å². The SMILES string of the molecule is O=[C-]c1ccc(S(=O)(=O)CC2CC(F)(F)C2)o1.[Li+].[OH-]. The minimum atomic E-state index is -3.74.